The van der Waals surface area contributed by atoms with E-state index in [0.717, 1.165) is 0 Å². The van der Waals surface area contributed by atoms with Crippen LogP contribution in [0.4, 0.5) is 0 Å². The van der Waals surface area contributed by atoms with Gasteiger partial charge < -0.3 is 53.6 Å². The molecule has 6 amide bonds. The molecule has 0 heterocycles. The normalized spacial score (nSPS) is 15.6. The second-order valence-electron chi connectivity index (χ2n) is 12.8. The third kappa shape index (κ3) is 17.4. The van der Waals surface area contributed by atoms with Crippen LogP contribution in [0.15, 0.2) is 0 Å². The Labute approximate surface area is 282 Å². The predicted octanol–water partition coefficient (Wildman–Crippen LogP) is -2.20. The SMILES string of the molecule is COC(=O)[C@@H](CC(C)C)NC(=O)[C@@H](C)NC(=O)[C@@H](CCCCN)NC(=O)[C@@H](CC(C)C)NC(=O)[C@@H](CCC(N)=O)NC(=O)[C@H](N)[C@@H](C)O. The number of nitrogens with two attached hydrogens (primary N) is 3. The molecule has 0 saturated heterocycles. The number of ether oxygens (including phenoxy) is 1. The molecule has 0 unspecified atom stereocenters. The minimum absolute atomic E-state index is 0.0669. The minimum Gasteiger partial charge on any atom is -0.467 e. The molecular formula is C31H58N8O9. The van der Waals surface area contributed by atoms with Crippen LogP contribution < -0.4 is 43.8 Å². The van der Waals surface area contributed by atoms with Gasteiger partial charge in [-0.3, -0.25) is 28.8 Å². The van der Waals surface area contributed by atoms with Crippen LogP contribution in [0.3, 0.4) is 0 Å². The highest BCUT2D eigenvalue weighted by molar-refractivity contribution is 5.96. The van der Waals surface area contributed by atoms with Crippen LogP contribution in [0, 0.1) is 11.8 Å². The van der Waals surface area contributed by atoms with Gasteiger partial charge in [0.25, 0.3) is 0 Å². The van der Waals surface area contributed by atoms with E-state index in [1.165, 1.54) is 21.0 Å². The van der Waals surface area contributed by atoms with Gasteiger partial charge in [0.2, 0.25) is 35.4 Å². The first-order valence-electron chi connectivity index (χ1n) is 16.4. The molecule has 0 rings (SSSR count). The van der Waals surface area contributed by atoms with Crippen LogP contribution in [0.1, 0.15) is 86.5 Å². The summed E-state index contributed by atoms with van der Waals surface area (Å²) >= 11 is 0. The van der Waals surface area contributed by atoms with E-state index in [-0.39, 0.29) is 37.5 Å². The van der Waals surface area contributed by atoms with Gasteiger partial charge in [0.15, 0.2) is 0 Å². The molecule has 0 aromatic heterocycles. The molecule has 0 bridgehead atoms. The van der Waals surface area contributed by atoms with Gasteiger partial charge in [-0.05, 0) is 70.8 Å². The highest BCUT2D eigenvalue weighted by Crippen LogP contribution is 2.10. The number of carbonyl (C=O) groups excluding carboxylic acids is 7. The summed E-state index contributed by atoms with van der Waals surface area (Å²) in [5.74, 6) is -5.05. The summed E-state index contributed by atoms with van der Waals surface area (Å²) in [6.07, 6.45) is -0.0623. The number of nitrogens with one attached hydrogen (secondary N) is 5. The fraction of sp³-hybridized carbons (Fsp3) is 0.774. The molecule has 0 aliphatic rings. The minimum atomic E-state index is -1.36. The highest BCUT2D eigenvalue weighted by atomic mass is 16.5. The Balaban J connectivity index is 5.96. The monoisotopic (exact) mass is 686 g/mol. The van der Waals surface area contributed by atoms with Gasteiger partial charge in [0, 0.05) is 6.42 Å². The standard InChI is InChI=1S/C31H58N8O9/c1-16(2)14-22(38-28(44)21(11-12-24(33)41)37-30(46)25(34)19(6)40)29(45)36-20(10-8-9-13-32)27(43)35-18(5)26(42)39-23(15-17(3)4)31(47)48-7/h16-23,25,40H,8-15,32,34H2,1-7H3,(H2,33,41)(H,35,43)(H,36,45)(H,37,46)(H,38,44)(H,39,42)/t18-,19-,20-,21-,22-,23-,25-/m1/s1. The largest absolute Gasteiger partial charge is 0.467 e. The van der Waals surface area contributed by atoms with Crippen molar-refractivity contribution < 1.29 is 43.4 Å². The number of amides is 6. The zero-order chi connectivity index (χ0) is 37.1. The van der Waals surface area contributed by atoms with Gasteiger partial charge in [0.1, 0.15) is 36.3 Å². The second-order valence-corrected chi connectivity index (χ2v) is 12.8. The van der Waals surface area contributed by atoms with Crippen molar-refractivity contribution in [2.24, 2.45) is 29.0 Å². The third-order valence-electron chi connectivity index (χ3n) is 7.32. The number of esters is 1. The zero-order valence-electron chi connectivity index (χ0n) is 29.3. The Kier molecular flexibility index (Phi) is 20.9. The molecule has 48 heavy (non-hydrogen) atoms. The van der Waals surface area contributed by atoms with Gasteiger partial charge in [0.05, 0.1) is 13.2 Å². The van der Waals surface area contributed by atoms with Crippen molar-refractivity contribution in [2.75, 3.05) is 13.7 Å². The molecule has 0 aliphatic heterocycles. The summed E-state index contributed by atoms with van der Waals surface area (Å²) in [7, 11) is 1.21. The Bertz CT molecular complexity index is 1090. The summed E-state index contributed by atoms with van der Waals surface area (Å²) in [6, 6.07) is -6.96. The van der Waals surface area contributed by atoms with Crippen molar-refractivity contribution in [3.05, 3.63) is 0 Å². The number of hydrogen-bond donors (Lipinski definition) is 9. The van der Waals surface area contributed by atoms with Crippen LogP contribution in [0.25, 0.3) is 0 Å². The lowest BCUT2D eigenvalue weighted by Crippen LogP contribution is -2.59. The number of aliphatic hydroxyl groups is 1. The first kappa shape index (κ1) is 44.2. The average molecular weight is 687 g/mol. The average Bonchev–Trinajstić information content (AvgIpc) is 2.99. The number of methoxy groups -OCH3 is 1. The van der Waals surface area contributed by atoms with Crippen LogP contribution in [0.2, 0.25) is 0 Å². The van der Waals surface area contributed by atoms with Crippen molar-refractivity contribution in [1.82, 2.24) is 26.6 Å². The molecular weight excluding hydrogens is 628 g/mol. The maximum absolute atomic E-state index is 13.6. The smallest absolute Gasteiger partial charge is 0.328 e. The molecule has 0 fully saturated rings. The number of rotatable bonds is 23. The number of aliphatic hydroxyl groups excluding tert-OH is 1. The molecule has 12 N–H and O–H groups in total. The third-order valence-corrected chi connectivity index (χ3v) is 7.32. The molecule has 17 heteroatoms. The van der Waals surface area contributed by atoms with Crippen LogP contribution >= 0.6 is 0 Å². The van der Waals surface area contributed by atoms with Gasteiger partial charge in [-0.1, -0.05) is 27.7 Å². The van der Waals surface area contributed by atoms with E-state index in [0.29, 0.717) is 25.8 Å². The Morgan fingerprint density at radius 2 is 1.10 bits per heavy atom. The van der Waals surface area contributed by atoms with Gasteiger partial charge >= 0.3 is 5.97 Å². The lowest BCUT2D eigenvalue weighted by Gasteiger charge is -2.27. The molecule has 0 aromatic rings. The maximum Gasteiger partial charge on any atom is 0.328 e. The fourth-order valence-electron chi connectivity index (χ4n) is 4.56. The quantitative estimate of drug-likeness (QED) is 0.0410. The van der Waals surface area contributed by atoms with E-state index in [1.807, 2.05) is 27.7 Å². The Morgan fingerprint density at radius 1 is 0.646 bits per heavy atom. The summed E-state index contributed by atoms with van der Waals surface area (Å²) < 4.78 is 4.78. The molecule has 276 valence electrons. The number of hydrogen-bond acceptors (Lipinski definition) is 11. The van der Waals surface area contributed by atoms with E-state index >= 15 is 0 Å². The molecule has 0 aliphatic carbocycles. The first-order valence-corrected chi connectivity index (χ1v) is 16.4. The van der Waals surface area contributed by atoms with E-state index in [2.05, 4.69) is 26.6 Å². The van der Waals surface area contributed by atoms with Gasteiger partial charge in [-0.25, -0.2) is 4.79 Å². The van der Waals surface area contributed by atoms with E-state index in [1.54, 1.807) is 0 Å². The van der Waals surface area contributed by atoms with Crippen molar-refractivity contribution in [2.45, 2.75) is 129 Å². The highest BCUT2D eigenvalue weighted by Gasteiger charge is 2.33. The van der Waals surface area contributed by atoms with Crippen molar-refractivity contribution in [3.63, 3.8) is 0 Å². The molecule has 0 radical (unpaired) electrons. The molecule has 17 nitrogen and oxygen atoms in total. The number of primary amides is 1. The molecule has 7 atom stereocenters. The summed E-state index contributed by atoms with van der Waals surface area (Å²) in [6.45, 7) is 10.4. The van der Waals surface area contributed by atoms with Gasteiger partial charge in [-0.15, -0.1) is 0 Å². The predicted molar refractivity (Wildman–Crippen MR) is 177 cm³/mol. The zero-order valence-corrected chi connectivity index (χ0v) is 29.3. The lowest BCUT2D eigenvalue weighted by atomic mass is 10.0. The van der Waals surface area contributed by atoms with E-state index in [4.69, 9.17) is 21.9 Å². The number of unbranched alkanes of at least 4 members (excludes halogenated alkanes) is 1. The summed E-state index contributed by atoms with van der Waals surface area (Å²) in [5.41, 5.74) is 16.5. The fourth-order valence-corrected chi connectivity index (χ4v) is 4.56. The Hall–Kier alpha value is -3.83. The molecule has 0 aromatic carbocycles. The van der Waals surface area contributed by atoms with Crippen LogP contribution in [-0.4, -0.2) is 103 Å². The molecule has 0 spiro atoms. The van der Waals surface area contributed by atoms with Crippen LogP contribution in [0.5, 0.6) is 0 Å². The van der Waals surface area contributed by atoms with Crippen LogP contribution in [-0.2, 0) is 38.3 Å². The van der Waals surface area contributed by atoms with E-state index < -0.39 is 83.8 Å². The van der Waals surface area contributed by atoms with Crippen molar-refractivity contribution in [3.8, 4) is 0 Å². The topological polar surface area (TPSA) is 287 Å². The van der Waals surface area contributed by atoms with Crippen molar-refractivity contribution in [1.29, 1.82) is 0 Å². The summed E-state index contributed by atoms with van der Waals surface area (Å²) in [4.78, 5) is 89.3. The first-order chi connectivity index (χ1) is 22.3. The Morgan fingerprint density at radius 3 is 1.60 bits per heavy atom. The number of carbonyl (C=O) groups is 7. The van der Waals surface area contributed by atoms with Crippen molar-refractivity contribution >= 4 is 41.4 Å². The van der Waals surface area contributed by atoms with E-state index in [9.17, 15) is 38.7 Å². The summed E-state index contributed by atoms with van der Waals surface area (Å²) in [5, 5.41) is 22.5. The maximum atomic E-state index is 13.6. The lowest BCUT2D eigenvalue weighted by molar-refractivity contribution is -0.145. The molecule has 0 saturated carbocycles. The van der Waals surface area contributed by atoms with Gasteiger partial charge in [-0.2, -0.15) is 0 Å². The second kappa shape index (κ2) is 22.7.